The number of anilines is 3. The molecule has 0 unspecified atom stereocenters. The first kappa shape index (κ1) is 32.9. The minimum atomic E-state index is 1.11. The highest BCUT2D eigenvalue weighted by Gasteiger charge is 2.21. The number of nitrogens with zero attached hydrogens (tertiary/aromatic N) is 1. The Kier molecular flexibility index (Phi) is 7.89. The number of hydrogen-bond acceptors (Lipinski definition) is 1. The lowest BCUT2D eigenvalue weighted by molar-refractivity contribution is 1.31. The summed E-state index contributed by atoms with van der Waals surface area (Å²) < 4.78 is 0. The van der Waals surface area contributed by atoms with Crippen molar-refractivity contribution in [3.63, 3.8) is 0 Å². The van der Waals surface area contributed by atoms with Crippen LogP contribution in [0.3, 0.4) is 0 Å². The molecule has 0 heterocycles. The van der Waals surface area contributed by atoms with Gasteiger partial charge in [0.05, 0.1) is 5.69 Å². The molecule has 1 nitrogen and oxygen atoms in total. The molecule has 0 aromatic heterocycles. The first-order valence-corrected chi connectivity index (χ1v) is 19.7. The maximum Gasteiger partial charge on any atom is 0.0540 e. The standard InChI is InChI=1S/C56H37N/c1-4-15-38(16-5-1)42-27-28-44-36-45(31-29-43(44)35-42)57(54-26-14-25-48-47-22-11-10-17-39(47)30-33-51(48)54)46-32-34-50-49-23-12-13-24-52(49)55(40-18-6-2-7-19-40)56(53(50)37-46)41-20-8-3-9-21-41/h1-37H. The summed E-state index contributed by atoms with van der Waals surface area (Å²) >= 11 is 0. The van der Waals surface area contributed by atoms with Crippen LogP contribution in [0.25, 0.3) is 87.2 Å². The average Bonchev–Trinajstić information content (AvgIpc) is 3.29. The number of benzene rings is 11. The monoisotopic (exact) mass is 723 g/mol. The zero-order valence-corrected chi connectivity index (χ0v) is 31.3. The SMILES string of the molecule is c1ccc(-c2ccc3cc(N(c4ccc5c(c4)c(-c4ccccc4)c(-c4ccccc4)c4ccccc45)c4cccc5c4ccc4ccccc45)ccc3c2)cc1. The van der Waals surface area contributed by atoms with Crippen molar-refractivity contribution >= 4 is 70.9 Å². The maximum absolute atomic E-state index is 2.47. The Balaban J connectivity index is 1.21. The van der Waals surface area contributed by atoms with E-state index in [1.54, 1.807) is 0 Å². The summed E-state index contributed by atoms with van der Waals surface area (Å²) in [5.41, 5.74) is 10.7. The van der Waals surface area contributed by atoms with E-state index < -0.39 is 0 Å². The van der Waals surface area contributed by atoms with Crippen LogP contribution in [0.15, 0.2) is 224 Å². The second-order valence-electron chi connectivity index (χ2n) is 14.9. The highest BCUT2D eigenvalue weighted by Crippen LogP contribution is 2.48. The zero-order chi connectivity index (χ0) is 37.7. The minimum Gasteiger partial charge on any atom is -0.310 e. The molecule has 1 heteroatoms. The van der Waals surface area contributed by atoms with Gasteiger partial charge in [-0.25, -0.2) is 0 Å². The van der Waals surface area contributed by atoms with Gasteiger partial charge in [0.15, 0.2) is 0 Å². The van der Waals surface area contributed by atoms with Crippen molar-refractivity contribution in [1.82, 2.24) is 0 Å². The van der Waals surface area contributed by atoms with Gasteiger partial charge >= 0.3 is 0 Å². The van der Waals surface area contributed by atoms with Crippen LogP contribution in [0.5, 0.6) is 0 Å². The predicted octanol–water partition coefficient (Wildman–Crippen LogP) is 15.9. The molecule has 0 atom stereocenters. The Labute approximate surface area is 332 Å². The molecule has 0 N–H and O–H groups in total. The molecular weight excluding hydrogens is 687 g/mol. The number of hydrogen-bond donors (Lipinski definition) is 0. The smallest absolute Gasteiger partial charge is 0.0540 e. The molecule has 0 saturated carbocycles. The number of rotatable bonds is 6. The fraction of sp³-hybridized carbons (Fsp3) is 0. The lowest BCUT2D eigenvalue weighted by atomic mass is 9.85. The third-order valence-corrected chi connectivity index (χ3v) is 11.6. The van der Waals surface area contributed by atoms with Gasteiger partial charge in [-0.1, -0.05) is 188 Å². The van der Waals surface area contributed by atoms with Crippen LogP contribution in [0.4, 0.5) is 17.1 Å². The van der Waals surface area contributed by atoms with Gasteiger partial charge in [-0.3, -0.25) is 0 Å². The largest absolute Gasteiger partial charge is 0.310 e. The second-order valence-corrected chi connectivity index (χ2v) is 14.9. The highest BCUT2D eigenvalue weighted by molar-refractivity contribution is 6.22. The van der Waals surface area contributed by atoms with E-state index in [4.69, 9.17) is 0 Å². The Bertz CT molecular complexity index is 3280. The van der Waals surface area contributed by atoms with E-state index in [-0.39, 0.29) is 0 Å². The summed E-state index contributed by atoms with van der Waals surface area (Å²) in [6.45, 7) is 0. The summed E-state index contributed by atoms with van der Waals surface area (Å²) in [6.07, 6.45) is 0. The maximum atomic E-state index is 2.47. The van der Waals surface area contributed by atoms with Crippen molar-refractivity contribution in [2.24, 2.45) is 0 Å². The molecule has 0 amide bonds. The second kappa shape index (κ2) is 13.7. The van der Waals surface area contributed by atoms with Crippen LogP contribution >= 0.6 is 0 Å². The summed E-state index contributed by atoms with van der Waals surface area (Å²) in [5, 5.41) is 12.3. The van der Waals surface area contributed by atoms with E-state index in [1.807, 2.05) is 0 Å². The summed E-state index contributed by atoms with van der Waals surface area (Å²) in [4.78, 5) is 2.47. The van der Waals surface area contributed by atoms with Crippen molar-refractivity contribution < 1.29 is 0 Å². The summed E-state index contributed by atoms with van der Waals surface area (Å²) in [7, 11) is 0. The fourth-order valence-corrected chi connectivity index (χ4v) is 8.96. The predicted molar refractivity (Wildman–Crippen MR) is 245 cm³/mol. The average molecular weight is 724 g/mol. The molecule has 0 spiro atoms. The molecule has 0 saturated heterocycles. The van der Waals surface area contributed by atoms with E-state index in [1.165, 1.54) is 87.2 Å². The molecular formula is C56H37N. The van der Waals surface area contributed by atoms with Gasteiger partial charge in [0.25, 0.3) is 0 Å². The van der Waals surface area contributed by atoms with Crippen molar-refractivity contribution in [2.75, 3.05) is 4.90 Å². The Morgan fingerprint density at radius 2 is 0.719 bits per heavy atom. The first-order chi connectivity index (χ1) is 28.3. The molecule has 0 aliphatic rings. The van der Waals surface area contributed by atoms with Crippen molar-refractivity contribution in [3.05, 3.63) is 224 Å². The molecule has 11 aromatic carbocycles. The van der Waals surface area contributed by atoms with Gasteiger partial charge < -0.3 is 4.90 Å². The Morgan fingerprint density at radius 1 is 0.228 bits per heavy atom. The highest BCUT2D eigenvalue weighted by atomic mass is 15.1. The fourth-order valence-electron chi connectivity index (χ4n) is 8.96. The normalized spacial score (nSPS) is 11.5. The van der Waals surface area contributed by atoms with Crippen LogP contribution in [0, 0.1) is 0 Å². The lowest BCUT2D eigenvalue weighted by Gasteiger charge is -2.28. The molecule has 11 aromatic rings. The van der Waals surface area contributed by atoms with E-state index >= 15 is 0 Å². The zero-order valence-electron chi connectivity index (χ0n) is 31.3. The lowest BCUT2D eigenvalue weighted by Crippen LogP contribution is -2.10. The molecule has 0 aliphatic carbocycles. The Hall–Kier alpha value is -7.48. The Morgan fingerprint density at radius 3 is 1.47 bits per heavy atom. The summed E-state index contributed by atoms with van der Waals surface area (Å²) in [6, 6.07) is 82.2. The van der Waals surface area contributed by atoms with Crippen molar-refractivity contribution in [3.8, 4) is 33.4 Å². The topological polar surface area (TPSA) is 3.24 Å². The van der Waals surface area contributed by atoms with Crippen molar-refractivity contribution in [2.45, 2.75) is 0 Å². The van der Waals surface area contributed by atoms with Crippen LogP contribution in [0.1, 0.15) is 0 Å². The van der Waals surface area contributed by atoms with E-state index in [2.05, 4.69) is 229 Å². The third-order valence-electron chi connectivity index (χ3n) is 11.6. The van der Waals surface area contributed by atoms with E-state index in [9.17, 15) is 0 Å². The van der Waals surface area contributed by atoms with E-state index in [0.717, 1.165) is 17.1 Å². The molecule has 0 fully saturated rings. The molecule has 0 aliphatic heterocycles. The van der Waals surface area contributed by atoms with Crippen molar-refractivity contribution in [1.29, 1.82) is 0 Å². The van der Waals surface area contributed by atoms with Crippen LogP contribution in [0.2, 0.25) is 0 Å². The summed E-state index contributed by atoms with van der Waals surface area (Å²) in [5.74, 6) is 0. The minimum absolute atomic E-state index is 1.11. The van der Waals surface area contributed by atoms with Crippen LogP contribution in [-0.2, 0) is 0 Å². The molecule has 0 bridgehead atoms. The van der Waals surface area contributed by atoms with Gasteiger partial charge in [0.2, 0.25) is 0 Å². The van der Waals surface area contributed by atoms with Gasteiger partial charge in [-0.05, 0) is 118 Å². The molecule has 11 rings (SSSR count). The van der Waals surface area contributed by atoms with Gasteiger partial charge in [-0.2, -0.15) is 0 Å². The van der Waals surface area contributed by atoms with Gasteiger partial charge in [0.1, 0.15) is 0 Å². The quantitative estimate of drug-likeness (QED) is 0.154. The van der Waals surface area contributed by atoms with Crippen LogP contribution in [-0.4, -0.2) is 0 Å². The number of fused-ring (bicyclic) bond motifs is 7. The molecule has 0 radical (unpaired) electrons. The van der Waals surface area contributed by atoms with Gasteiger partial charge in [-0.15, -0.1) is 0 Å². The third kappa shape index (κ3) is 5.63. The molecule has 57 heavy (non-hydrogen) atoms. The first-order valence-electron chi connectivity index (χ1n) is 19.7. The molecule has 266 valence electrons. The van der Waals surface area contributed by atoms with Gasteiger partial charge in [0, 0.05) is 16.8 Å². The van der Waals surface area contributed by atoms with E-state index in [0.29, 0.717) is 0 Å². The van der Waals surface area contributed by atoms with Crippen LogP contribution < -0.4 is 4.90 Å².